The summed E-state index contributed by atoms with van der Waals surface area (Å²) in [6.07, 6.45) is 3.17. The number of aromatic hydroxyl groups is 1. The van der Waals surface area contributed by atoms with Crippen LogP contribution in [0.25, 0.3) is 0 Å². The quantitative estimate of drug-likeness (QED) is 0.873. The summed E-state index contributed by atoms with van der Waals surface area (Å²) in [5.41, 5.74) is -0.313. The monoisotopic (exact) mass is 266 g/mol. The zero-order chi connectivity index (χ0) is 14.0. The van der Waals surface area contributed by atoms with Crippen molar-refractivity contribution in [2.24, 2.45) is 0 Å². The van der Waals surface area contributed by atoms with E-state index < -0.39 is 11.7 Å². The lowest BCUT2D eigenvalue weighted by molar-refractivity contribution is 0.0555. The number of hydrogen-bond acceptors (Lipinski definition) is 3. The van der Waals surface area contributed by atoms with E-state index in [4.69, 9.17) is 0 Å². The summed E-state index contributed by atoms with van der Waals surface area (Å²) < 4.78 is 13.5. The third kappa shape index (κ3) is 2.56. The molecular formula is C14H19FN2O2. The number of halogens is 1. The molecular weight excluding hydrogens is 247 g/mol. The molecule has 19 heavy (non-hydrogen) atoms. The maximum atomic E-state index is 13.5. The highest BCUT2D eigenvalue weighted by atomic mass is 19.1. The molecule has 0 aromatic heterocycles. The van der Waals surface area contributed by atoms with Gasteiger partial charge in [-0.1, -0.05) is 6.07 Å². The fourth-order valence-corrected chi connectivity index (χ4v) is 2.44. The van der Waals surface area contributed by atoms with Crippen molar-refractivity contribution in [2.75, 3.05) is 20.6 Å². The van der Waals surface area contributed by atoms with Gasteiger partial charge in [-0.3, -0.25) is 4.79 Å². The molecule has 1 aliphatic rings. The molecule has 0 spiro atoms. The van der Waals surface area contributed by atoms with Gasteiger partial charge < -0.3 is 15.3 Å². The molecule has 1 amide bonds. The minimum atomic E-state index is -0.704. The summed E-state index contributed by atoms with van der Waals surface area (Å²) in [5, 5.41) is 12.3. The lowest BCUT2D eigenvalue weighted by Crippen LogP contribution is -2.57. The van der Waals surface area contributed by atoms with Crippen LogP contribution >= 0.6 is 0 Å². The predicted octanol–water partition coefficient (Wildman–Crippen LogP) is 1.75. The Bertz CT molecular complexity index is 464. The zero-order valence-electron chi connectivity index (χ0n) is 11.2. The largest absolute Gasteiger partial charge is 0.507 e. The van der Waals surface area contributed by atoms with Crippen LogP contribution in [0.15, 0.2) is 18.2 Å². The van der Waals surface area contributed by atoms with Crippen molar-refractivity contribution in [1.82, 2.24) is 10.2 Å². The van der Waals surface area contributed by atoms with Gasteiger partial charge in [-0.15, -0.1) is 0 Å². The number of carbonyl (C=O) groups is 1. The molecule has 0 aliphatic heterocycles. The molecule has 0 atom stereocenters. The molecule has 1 fully saturated rings. The fraction of sp³-hybridized carbons (Fsp3) is 0.500. The van der Waals surface area contributed by atoms with Crippen molar-refractivity contribution < 1.29 is 14.3 Å². The number of amides is 1. The summed E-state index contributed by atoms with van der Waals surface area (Å²) in [5.74, 6) is -1.60. The molecule has 0 saturated heterocycles. The number of nitrogens with one attached hydrogen (secondary N) is 1. The second-order valence-corrected chi connectivity index (χ2v) is 5.29. The topological polar surface area (TPSA) is 52.6 Å². The van der Waals surface area contributed by atoms with Crippen LogP contribution in [0.3, 0.4) is 0 Å². The van der Waals surface area contributed by atoms with Gasteiger partial charge in [0.2, 0.25) is 0 Å². The highest BCUT2D eigenvalue weighted by Crippen LogP contribution is 2.35. The first-order chi connectivity index (χ1) is 8.96. The maximum Gasteiger partial charge on any atom is 0.258 e. The van der Waals surface area contributed by atoms with Crippen LogP contribution in [0.2, 0.25) is 0 Å². The number of likely N-dealkylation sites (N-methyl/N-ethyl adjacent to an activating group) is 1. The Balaban J connectivity index is 2.06. The number of benzene rings is 1. The minimum absolute atomic E-state index is 0.0312. The number of rotatable bonds is 4. The number of nitrogens with zero attached hydrogens (tertiary/aromatic N) is 1. The molecule has 4 nitrogen and oxygen atoms in total. The highest BCUT2D eigenvalue weighted by Gasteiger charge is 2.39. The number of carbonyl (C=O) groups excluding carboxylic acids is 1. The summed E-state index contributed by atoms with van der Waals surface area (Å²) in [6.45, 7) is 0.465. The highest BCUT2D eigenvalue weighted by molar-refractivity contribution is 5.97. The van der Waals surface area contributed by atoms with Gasteiger partial charge in [0, 0.05) is 12.1 Å². The molecule has 0 heterocycles. The Morgan fingerprint density at radius 2 is 2.16 bits per heavy atom. The van der Waals surface area contributed by atoms with E-state index in [0.29, 0.717) is 6.54 Å². The van der Waals surface area contributed by atoms with Crippen molar-refractivity contribution in [3.63, 3.8) is 0 Å². The molecule has 1 aliphatic carbocycles. The number of hydrogen-bond donors (Lipinski definition) is 2. The molecule has 2 rings (SSSR count). The van der Waals surface area contributed by atoms with Crippen molar-refractivity contribution in [3.8, 4) is 5.75 Å². The minimum Gasteiger partial charge on any atom is -0.507 e. The molecule has 0 radical (unpaired) electrons. The van der Waals surface area contributed by atoms with Crippen LogP contribution in [-0.2, 0) is 0 Å². The lowest BCUT2D eigenvalue weighted by atomic mass is 9.75. The summed E-state index contributed by atoms with van der Waals surface area (Å²) >= 11 is 0. The van der Waals surface area contributed by atoms with E-state index in [9.17, 15) is 14.3 Å². The van der Waals surface area contributed by atoms with Gasteiger partial charge in [0.1, 0.15) is 17.1 Å². The molecule has 0 unspecified atom stereocenters. The Labute approximate surface area is 112 Å². The fourth-order valence-electron chi connectivity index (χ4n) is 2.44. The number of phenolic OH excluding ortho intramolecular Hbond substituents is 1. The third-order valence-corrected chi connectivity index (χ3v) is 4.03. The van der Waals surface area contributed by atoms with Crippen LogP contribution in [-0.4, -0.2) is 42.1 Å². The van der Waals surface area contributed by atoms with Gasteiger partial charge in [0.05, 0.1) is 0 Å². The molecule has 1 aromatic rings. The van der Waals surface area contributed by atoms with E-state index in [-0.39, 0.29) is 16.9 Å². The Morgan fingerprint density at radius 3 is 2.63 bits per heavy atom. The van der Waals surface area contributed by atoms with Crippen LogP contribution in [0, 0.1) is 5.82 Å². The van der Waals surface area contributed by atoms with Crippen LogP contribution in [0.1, 0.15) is 29.6 Å². The second kappa shape index (κ2) is 5.17. The molecule has 2 N–H and O–H groups in total. The predicted molar refractivity (Wildman–Crippen MR) is 70.7 cm³/mol. The van der Waals surface area contributed by atoms with E-state index in [1.165, 1.54) is 18.2 Å². The van der Waals surface area contributed by atoms with Crippen LogP contribution in [0.5, 0.6) is 5.75 Å². The van der Waals surface area contributed by atoms with Gasteiger partial charge in [0.15, 0.2) is 0 Å². The normalized spacial score (nSPS) is 17.1. The second-order valence-electron chi connectivity index (χ2n) is 5.29. The van der Waals surface area contributed by atoms with E-state index in [1.807, 2.05) is 14.1 Å². The molecule has 0 bridgehead atoms. The average Bonchev–Trinajstić information content (AvgIpc) is 2.26. The SMILES string of the molecule is CN(C)C1(CNC(=O)c2c(O)cccc2F)CCC1. The number of phenols is 1. The molecule has 5 heteroatoms. The molecule has 1 aromatic carbocycles. The van der Waals surface area contributed by atoms with E-state index >= 15 is 0 Å². The van der Waals surface area contributed by atoms with Crippen molar-refractivity contribution >= 4 is 5.91 Å². The Kier molecular flexibility index (Phi) is 3.75. The third-order valence-electron chi connectivity index (χ3n) is 4.03. The van der Waals surface area contributed by atoms with Crippen LogP contribution < -0.4 is 5.32 Å². The van der Waals surface area contributed by atoms with Gasteiger partial charge in [-0.25, -0.2) is 4.39 Å². The summed E-state index contributed by atoms with van der Waals surface area (Å²) in [6, 6.07) is 3.84. The van der Waals surface area contributed by atoms with Gasteiger partial charge in [-0.2, -0.15) is 0 Å². The smallest absolute Gasteiger partial charge is 0.258 e. The first-order valence-corrected chi connectivity index (χ1v) is 6.39. The molecule has 104 valence electrons. The Hall–Kier alpha value is -1.62. The standard InChI is InChI=1S/C14H19FN2O2/c1-17(2)14(7-4-8-14)9-16-13(19)12-10(15)5-3-6-11(12)18/h3,5-6,18H,4,7-9H2,1-2H3,(H,16,19). The summed E-state index contributed by atoms with van der Waals surface area (Å²) in [7, 11) is 3.96. The van der Waals surface area contributed by atoms with E-state index in [1.54, 1.807) is 0 Å². The van der Waals surface area contributed by atoms with E-state index in [2.05, 4.69) is 10.2 Å². The molecule has 1 saturated carbocycles. The zero-order valence-corrected chi connectivity index (χ0v) is 11.2. The van der Waals surface area contributed by atoms with Gasteiger partial charge >= 0.3 is 0 Å². The van der Waals surface area contributed by atoms with Crippen molar-refractivity contribution in [1.29, 1.82) is 0 Å². The lowest BCUT2D eigenvalue weighted by Gasteiger charge is -2.47. The average molecular weight is 266 g/mol. The Morgan fingerprint density at radius 1 is 1.47 bits per heavy atom. The van der Waals surface area contributed by atoms with Gasteiger partial charge in [-0.05, 0) is 45.5 Å². The van der Waals surface area contributed by atoms with Crippen LogP contribution in [0.4, 0.5) is 4.39 Å². The first kappa shape index (κ1) is 13.8. The van der Waals surface area contributed by atoms with Crippen molar-refractivity contribution in [2.45, 2.75) is 24.8 Å². The van der Waals surface area contributed by atoms with E-state index in [0.717, 1.165) is 19.3 Å². The maximum absolute atomic E-state index is 13.5. The van der Waals surface area contributed by atoms with Crippen molar-refractivity contribution in [3.05, 3.63) is 29.6 Å². The first-order valence-electron chi connectivity index (χ1n) is 6.39. The van der Waals surface area contributed by atoms with Gasteiger partial charge in [0.25, 0.3) is 5.91 Å². The summed E-state index contributed by atoms with van der Waals surface area (Å²) in [4.78, 5) is 14.1.